The zero-order valence-corrected chi connectivity index (χ0v) is 12.1. The first-order chi connectivity index (χ1) is 9.22. The molecule has 106 valence electrons. The van der Waals surface area contributed by atoms with Crippen LogP contribution < -0.4 is 15.0 Å². The summed E-state index contributed by atoms with van der Waals surface area (Å²) >= 11 is 0. The maximum absolute atomic E-state index is 5.53. The quantitative estimate of drug-likeness (QED) is 0.876. The molecule has 1 aromatic heterocycles. The van der Waals surface area contributed by atoms with Crippen LogP contribution in [0.4, 0.5) is 5.82 Å². The van der Waals surface area contributed by atoms with E-state index in [0.29, 0.717) is 18.4 Å². The van der Waals surface area contributed by atoms with Crippen molar-refractivity contribution in [1.29, 1.82) is 0 Å². The number of nitrogens with one attached hydrogen (secondary N) is 1. The Morgan fingerprint density at radius 1 is 1.47 bits per heavy atom. The first-order valence-electron chi connectivity index (χ1n) is 7.08. The monoisotopic (exact) mass is 264 g/mol. The van der Waals surface area contributed by atoms with Gasteiger partial charge in [0.2, 0.25) is 5.88 Å². The van der Waals surface area contributed by atoms with Gasteiger partial charge in [-0.05, 0) is 45.7 Å². The molecule has 2 heterocycles. The third kappa shape index (κ3) is 3.56. The van der Waals surface area contributed by atoms with E-state index in [0.717, 1.165) is 31.0 Å². The van der Waals surface area contributed by atoms with E-state index in [9.17, 15) is 0 Å². The fourth-order valence-electron chi connectivity index (χ4n) is 2.65. The summed E-state index contributed by atoms with van der Waals surface area (Å²) in [5, 5.41) is 3.45. The van der Waals surface area contributed by atoms with Crippen LogP contribution in [-0.4, -0.2) is 43.3 Å². The Kier molecular flexibility index (Phi) is 4.96. The van der Waals surface area contributed by atoms with Crippen molar-refractivity contribution in [2.45, 2.75) is 26.7 Å². The molecule has 1 aliphatic heterocycles. The Morgan fingerprint density at radius 3 is 3.00 bits per heavy atom. The Labute approximate surface area is 115 Å². The van der Waals surface area contributed by atoms with Gasteiger partial charge in [0.05, 0.1) is 12.2 Å². The molecule has 0 amide bonds. The molecule has 0 spiro atoms. The van der Waals surface area contributed by atoms with E-state index < -0.39 is 0 Å². The second-order valence-electron chi connectivity index (χ2n) is 5.15. The molecule has 1 aliphatic rings. The summed E-state index contributed by atoms with van der Waals surface area (Å²) in [4.78, 5) is 10.8. The zero-order chi connectivity index (χ0) is 13.7. The molecule has 0 bridgehead atoms. The highest BCUT2D eigenvalue weighted by Gasteiger charge is 2.18. The highest BCUT2D eigenvalue weighted by atomic mass is 16.5. The molecule has 19 heavy (non-hydrogen) atoms. The minimum absolute atomic E-state index is 0.632. The van der Waals surface area contributed by atoms with Gasteiger partial charge in [0.15, 0.2) is 0 Å². The Hall–Kier alpha value is -1.36. The van der Waals surface area contributed by atoms with E-state index in [1.54, 1.807) is 6.33 Å². The standard InChI is InChI=1S/C14H24N4O/c1-4-19-14-11(2)13(16-10-17-14)18(3)9-12-6-5-7-15-8-12/h10,12,15H,4-9H2,1-3H3. The highest BCUT2D eigenvalue weighted by molar-refractivity contribution is 5.49. The molecule has 0 saturated carbocycles. The minimum Gasteiger partial charge on any atom is -0.478 e. The van der Waals surface area contributed by atoms with Crippen molar-refractivity contribution in [2.75, 3.05) is 38.2 Å². The van der Waals surface area contributed by atoms with Gasteiger partial charge in [-0.15, -0.1) is 0 Å². The lowest BCUT2D eigenvalue weighted by atomic mass is 9.99. The number of rotatable bonds is 5. The van der Waals surface area contributed by atoms with Gasteiger partial charge in [-0.25, -0.2) is 9.97 Å². The molecule has 2 rings (SSSR count). The fraction of sp³-hybridized carbons (Fsp3) is 0.714. The summed E-state index contributed by atoms with van der Waals surface area (Å²) in [5.74, 6) is 2.37. The molecule has 0 radical (unpaired) electrons. The summed E-state index contributed by atoms with van der Waals surface area (Å²) in [6, 6.07) is 0. The first-order valence-corrected chi connectivity index (χ1v) is 7.08. The second kappa shape index (κ2) is 6.70. The van der Waals surface area contributed by atoms with Crippen LogP contribution in [0.1, 0.15) is 25.3 Å². The van der Waals surface area contributed by atoms with Crippen LogP contribution in [0.5, 0.6) is 5.88 Å². The number of ether oxygens (including phenoxy) is 1. The number of hydrogen-bond donors (Lipinski definition) is 1. The van der Waals surface area contributed by atoms with Crippen LogP contribution in [0.3, 0.4) is 0 Å². The second-order valence-corrected chi connectivity index (χ2v) is 5.15. The molecule has 5 heteroatoms. The average Bonchev–Trinajstić information content (AvgIpc) is 2.42. The van der Waals surface area contributed by atoms with Gasteiger partial charge in [0, 0.05) is 13.6 Å². The summed E-state index contributed by atoms with van der Waals surface area (Å²) in [6.45, 7) is 7.91. The number of piperidine rings is 1. The lowest BCUT2D eigenvalue weighted by Gasteiger charge is -2.29. The summed E-state index contributed by atoms with van der Waals surface area (Å²) in [5.41, 5.74) is 1.02. The Morgan fingerprint density at radius 2 is 2.32 bits per heavy atom. The van der Waals surface area contributed by atoms with E-state index in [2.05, 4.69) is 27.2 Å². The van der Waals surface area contributed by atoms with E-state index >= 15 is 0 Å². The maximum atomic E-state index is 5.53. The molecular formula is C14H24N4O. The van der Waals surface area contributed by atoms with Gasteiger partial charge in [0.25, 0.3) is 0 Å². The number of hydrogen-bond acceptors (Lipinski definition) is 5. The van der Waals surface area contributed by atoms with E-state index in [1.165, 1.54) is 12.8 Å². The van der Waals surface area contributed by atoms with Gasteiger partial charge < -0.3 is 15.0 Å². The number of anilines is 1. The Balaban J connectivity index is 2.05. The SMILES string of the molecule is CCOc1ncnc(N(C)CC2CCCNC2)c1C. The van der Waals surface area contributed by atoms with Gasteiger partial charge in [0.1, 0.15) is 12.1 Å². The van der Waals surface area contributed by atoms with Crippen molar-refractivity contribution in [2.24, 2.45) is 5.92 Å². The van der Waals surface area contributed by atoms with Crippen molar-refractivity contribution in [3.05, 3.63) is 11.9 Å². The van der Waals surface area contributed by atoms with Crippen LogP contribution >= 0.6 is 0 Å². The fourth-order valence-corrected chi connectivity index (χ4v) is 2.65. The molecule has 1 saturated heterocycles. The number of aromatic nitrogens is 2. The van der Waals surface area contributed by atoms with Gasteiger partial charge >= 0.3 is 0 Å². The zero-order valence-electron chi connectivity index (χ0n) is 12.1. The Bertz CT molecular complexity index is 404. The topological polar surface area (TPSA) is 50.3 Å². The third-order valence-corrected chi connectivity index (χ3v) is 3.58. The van der Waals surface area contributed by atoms with Gasteiger partial charge in [-0.2, -0.15) is 0 Å². The van der Waals surface area contributed by atoms with Gasteiger partial charge in [-0.1, -0.05) is 0 Å². The minimum atomic E-state index is 0.632. The smallest absolute Gasteiger partial charge is 0.221 e. The predicted octanol–water partition coefficient (Wildman–Crippen LogP) is 1.62. The summed E-state index contributed by atoms with van der Waals surface area (Å²) in [6.07, 6.45) is 4.15. The van der Waals surface area contributed by atoms with Crippen LogP contribution in [0.2, 0.25) is 0 Å². The summed E-state index contributed by atoms with van der Waals surface area (Å²) in [7, 11) is 2.10. The van der Waals surface area contributed by atoms with Crippen molar-refractivity contribution in [3.8, 4) is 5.88 Å². The molecular weight excluding hydrogens is 240 g/mol. The van der Waals surface area contributed by atoms with Crippen LogP contribution in [0.25, 0.3) is 0 Å². The largest absolute Gasteiger partial charge is 0.478 e. The van der Waals surface area contributed by atoms with Crippen molar-refractivity contribution < 1.29 is 4.74 Å². The predicted molar refractivity (Wildman–Crippen MR) is 76.8 cm³/mol. The summed E-state index contributed by atoms with van der Waals surface area (Å²) < 4.78 is 5.53. The third-order valence-electron chi connectivity index (χ3n) is 3.58. The van der Waals surface area contributed by atoms with Crippen LogP contribution in [-0.2, 0) is 0 Å². The normalized spacial score (nSPS) is 19.2. The average molecular weight is 264 g/mol. The molecule has 0 aromatic carbocycles. The van der Waals surface area contributed by atoms with Crippen molar-refractivity contribution in [1.82, 2.24) is 15.3 Å². The molecule has 1 atom stereocenters. The lowest BCUT2D eigenvalue weighted by Crippen LogP contribution is -2.37. The van der Waals surface area contributed by atoms with Crippen molar-refractivity contribution in [3.63, 3.8) is 0 Å². The van der Waals surface area contributed by atoms with Crippen LogP contribution in [0, 0.1) is 12.8 Å². The molecule has 1 N–H and O–H groups in total. The number of nitrogens with zero attached hydrogens (tertiary/aromatic N) is 3. The highest BCUT2D eigenvalue weighted by Crippen LogP contribution is 2.24. The van der Waals surface area contributed by atoms with Crippen LogP contribution in [0.15, 0.2) is 6.33 Å². The first kappa shape index (κ1) is 14.1. The van der Waals surface area contributed by atoms with E-state index in [-0.39, 0.29) is 0 Å². The van der Waals surface area contributed by atoms with Gasteiger partial charge in [-0.3, -0.25) is 0 Å². The molecule has 0 aliphatic carbocycles. The maximum Gasteiger partial charge on any atom is 0.221 e. The molecule has 1 fully saturated rings. The van der Waals surface area contributed by atoms with Crippen molar-refractivity contribution >= 4 is 5.82 Å². The molecule has 1 aromatic rings. The van der Waals surface area contributed by atoms with E-state index in [1.807, 2.05) is 13.8 Å². The molecule has 5 nitrogen and oxygen atoms in total. The lowest BCUT2D eigenvalue weighted by molar-refractivity contribution is 0.323. The van der Waals surface area contributed by atoms with E-state index in [4.69, 9.17) is 4.74 Å². The molecule has 1 unspecified atom stereocenters.